The molecule has 0 spiro atoms. The highest BCUT2D eigenvalue weighted by Crippen LogP contribution is 2.35. The number of halogens is 1. The Morgan fingerprint density at radius 1 is 0.914 bits per heavy atom. The highest BCUT2D eigenvalue weighted by molar-refractivity contribution is 9.10. The van der Waals surface area contributed by atoms with Gasteiger partial charge in [-0.3, -0.25) is 14.5 Å². The summed E-state index contributed by atoms with van der Waals surface area (Å²) in [6.07, 6.45) is 1.66. The third-order valence-corrected chi connectivity index (χ3v) is 7.05. The minimum atomic E-state index is -0.461. The fraction of sp³-hybridized carbons (Fsp3) is 0.0357. The van der Waals surface area contributed by atoms with Crippen LogP contribution in [0.15, 0.2) is 100 Å². The molecule has 5 rings (SSSR count). The van der Waals surface area contributed by atoms with Gasteiger partial charge in [-0.05, 0) is 73.9 Å². The number of rotatable bonds is 5. The number of thioether (sulfide) groups is 1. The molecule has 4 aromatic carbocycles. The minimum absolute atomic E-state index is 0.232. The van der Waals surface area contributed by atoms with Crippen LogP contribution in [0.4, 0.5) is 4.79 Å². The van der Waals surface area contributed by atoms with E-state index >= 15 is 0 Å². The molecule has 5 nitrogen and oxygen atoms in total. The molecule has 35 heavy (non-hydrogen) atoms. The molecular weight excluding hydrogens is 526 g/mol. The van der Waals surface area contributed by atoms with Gasteiger partial charge in [-0.25, -0.2) is 4.79 Å². The minimum Gasteiger partial charge on any atom is -0.422 e. The third-order valence-electron chi connectivity index (χ3n) is 5.52. The quantitative estimate of drug-likeness (QED) is 0.153. The predicted octanol–water partition coefficient (Wildman–Crippen LogP) is 7.06. The summed E-state index contributed by atoms with van der Waals surface area (Å²) in [5, 5.41) is 1.47. The van der Waals surface area contributed by atoms with Crippen molar-refractivity contribution in [2.45, 2.75) is 6.54 Å². The Labute approximate surface area is 214 Å². The van der Waals surface area contributed by atoms with Crippen LogP contribution in [0.3, 0.4) is 0 Å². The summed E-state index contributed by atoms with van der Waals surface area (Å²) >= 11 is 4.37. The number of fused-ring (bicyclic) bond motifs is 1. The largest absolute Gasteiger partial charge is 0.422 e. The molecule has 0 aromatic heterocycles. The van der Waals surface area contributed by atoms with E-state index in [9.17, 15) is 14.4 Å². The van der Waals surface area contributed by atoms with Crippen molar-refractivity contribution in [1.82, 2.24) is 4.90 Å². The highest BCUT2D eigenvalue weighted by atomic mass is 79.9. The molecule has 0 radical (unpaired) electrons. The van der Waals surface area contributed by atoms with Crippen LogP contribution < -0.4 is 4.74 Å². The van der Waals surface area contributed by atoms with Gasteiger partial charge in [-0.1, -0.05) is 72.8 Å². The van der Waals surface area contributed by atoms with Gasteiger partial charge in [0.05, 0.1) is 21.5 Å². The van der Waals surface area contributed by atoms with E-state index in [1.165, 1.54) is 4.90 Å². The Balaban J connectivity index is 1.33. The highest BCUT2D eigenvalue weighted by Gasteiger charge is 2.35. The van der Waals surface area contributed by atoms with E-state index in [2.05, 4.69) is 15.9 Å². The number of amides is 2. The van der Waals surface area contributed by atoms with Gasteiger partial charge in [0.15, 0.2) is 0 Å². The Hall–Kier alpha value is -3.68. The molecule has 172 valence electrons. The van der Waals surface area contributed by atoms with E-state index in [0.717, 1.165) is 28.1 Å². The predicted molar refractivity (Wildman–Crippen MR) is 141 cm³/mol. The van der Waals surface area contributed by atoms with Crippen LogP contribution in [0.1, 0.15) is 21.5 Å². The van der Waals surface area contributed by atoms with E-state index in [1.807, 2.05) is 66.7 Å². The molecule has 7 heteroatoms. The third kappa shape index (κ3) is 4.92. The lowest BCUT2D eigenvalue weighted by Gasteiger charge is -2.12. The topological polar surface area (TPSA) is 63.7 Å². The number of carbonyl (C=O) groups is 3. The van der Waals surface area contributed by atoms with Crippen molar-refractivity contribution in [3.63, 3.8) is 0 Å². The summed E-state index contributed by atoms with van der Waals surface area (Å²) in [6, 6.07) is 27.7. The molecule has 0 bridgehead atoms. The molecule has 0 unspecified atom stereocenters. The number of hydrogen-bond acceptors (Lipinski definition) is 5. The Morgan fingerprint density at radius 2 is 1.66 bits per heavy atom. The van der Waals surface area contributed by atoms with Crippen molar-refractivity contribution in [3.05, 3.63) is 117 Å². The molecule has 1 aliphatic heterocycles. The lowest BCUT2D eigenvalue weighted by atomic mass is 10.0. The maximum absolute atomic E-state index is 12.9. The molecule has 0 saturated carbocycles. The monoisotopic (exact) mass is 543 g/mol. The van der Waals surface area contributed by atoms with Crippen LogP contribution in [0.5, 0.6) is 5.75 Å². The molecule has 0 aliphatic carbocycles. The fourth-order valence-corrected chi connectivity index (χ4v) is 5.12. The lowest BCUT2D eigenvalue weighted by molar-refractivity contribution is -0.123. The number of imide groups is 1. The standard InChI is InChI=1S/C28H18BrNO4S/c29-23-15-19(16-25-26(31)30(28(33)35-25)17-18-7-2-1-3-8-18)13-14-24(23)34-27(32)22-12-6-10-20-9-4-5-11-21(20)22/h1-16H,17H2/b25-16-. The first-order valence-electron chi connectivity index (χ1n) is 10.8. The summed E-state index contributed by atoms with van der Waals surface area (Å²) in [4.78, 5) is 39.7. The summed E-state index contributed by atoms with van der Waals surface area (Å²) < 4.78 is 6.20. The number of carbonyl (C=O) groups excluding carboxylic acids is 3. The van der Waals surface area contributed by atoms with Crippen LogP contribution >= 0.6 is 27.7 Å². The second kappa shape index (κ2) is 9.90. The summed E-state index contributed by atoms with van der Waals surface area (Å²) in [6.45, 7) is 0.232. The van der Waals surface area contributed by atoms with Gasteiger partial charge < -0.3 is 4.74 Å². The van der Waals surface area contributed by atoms with E-state index in [1.54, 1.807) is 30.3 Å². The second-order valence-electron chi connectivity index (χ2n) is 7.86. The maximum Gasteiger partial charge on any atom is 0.344 e. The summed E-state index contributed by atoms with van der Waals surface area (Å²) in [5.74, 6) is -0.430. The van der Waals surface area contributed by atoms with E-state index in [-0.39, 0.29) is 17.7 Å². The van der Waals surface area contributed by atoms with Gasteiger partial charge in [0.25, 0.3) is 11.1 Å². The van der Waals surface area contributed by atoms with Crippen LogP contribution in [-0.4, -0.2) is 22.0 Å². The van der Waals surface area contributed by atoms with Crippen molar-refractivity contribution < 1.29 is 19.1 Å². The van der Waals surface area contributed by atoms with E-state index < -0.39 is 5.97 Å². The van der Waals surface area contributed by atoms with Gasteiger partial charge in [0.2, 0.25) is 0 Å². The molecule has 2 amide bonds. The smallest absolute Gasteiger partial charge is 0.344 e. The fourth-order valence-electron chi connectivity index (χ4n) is 3.80. The molecular formula is C28H18BrNO4S. The average molecular weight is 544 g/mol. The molecule has 1 saturated heterocycles. The number of nitrogens with zero attached hydrogens (tertiary/aromatic N) is 1. The first-order valence-corrected chi connectivity index (χ1v) is 12.4. The summed E-state index contributed by atoms with van der Waals surface area (Å²) in [7, 11) is 0. The van der Waals surface area contributed by atoms with Gasteiger partial charge >= 0.3 is 5.97 Å². The molecule has 1 aliphatic rings. The Morgan fingerprint density at radius 3 is 2.46 bits per heavy atom. The first-order chi connectivity index (χ1) is 17.0. The molecule has 1 heterocycles. The number of hydrogen-bond donors (Lipinski definition) is 0. The lowest BCUT2D eigenvalue weighted by Crippen LogP contribution is -2.27. The van der Waals surface area contributed by atoms with Crippen LogP contribution in [0.2, 0.25) is 0 Å². The normalized spacial score (nSPS) is 14.7. The zero-order valence-electron chi connectivity index (χ0n) is 18.3. The zero-order chi connectivity index (χ0) is 24.4. The van der Waals surface area contributed by atoms with Gasteiger partial charge in [0, 0.05) is 0 Å². The molecule has 4 aromatic rings. The summed E-state index contributed by atoms with van der Waals surface area (Å²) in [5.41, 5.74) is 2.06. The Bertz CT molecular complexity index is 1490. The molecule has 0 N–H and O–H groups in total. The van der Waals surface area contributed by atoms with Crippen molar-refractivity contribution >= 4 is 61.7 Å². The van der Waals surface area contributed by atoms with Gasteiger partial charge in [-0.15, -0.1) is 0 Å². The van der Waals surface area contributed by atoms with Gasteiger partial charge in [-0.2, -0.15) is 0 Å². The SMILES string of the molecule is O=C(Oc1ccc(/C=C2\SC(=O)N(Cc3ccccc3)C2=O)cc1Br)c1cccc2ccccc12. The Kier molecular flexibility index (Phi) is 6.53. The second-order valence-corrected chi connectivity index (χ2v) is 9.71. The maximum atomic E-state index is 12.9. The first kappa shape index (κ1) is 23.1. The van der Waals surface area contributed by atoms with Crippen molar-refractivity contribution in [3.8, 4) is 5.75 Å². The van der Waals surface area contributed by atoms with Gasteiger partial charge in [0.1, 0.15) is 5.75 Å². The van der Waals surface area contributed by atoms with Crippen LogP contribution in [0.25, 0.3) is 16.8 Å². The number of ether oxygens (including phenoxy) is 1. The van der Waals surface area contributed by atoms with Crippen molar-refractivity contribution in [2.75, 3.05) is 0 Å². The zero-order valence-corrected chi connectivity index (χ0v) is 20.7. The molecule has 1 fully saturated rings. The average Bonchev–Trinajstić information content (AvgIpc) is 3.13. The number of benzene rings is 4. The number of esters is 1. The van der Waals surface area contributed by atoms with Crippen molar-refractivity contribution in [1.29, 1.82) is 0 Å². The van der Waals surface area contributed by atoms with Crippen LogP contribution in [0, 0.1) is 0 Å². The van der Waals surface area contributed by atoms with Crippen LogP contribution in [-0.2, 0) is 11.3 Å². The van der Waals surface area contributed by atoms with E-state index in [4.69, 9.17) is 4.74 Å². The van der Waals surface area contributed by atoms with Crippen molar-refractivity contribution in [2.24, 2.45) is 0 Å². The molecule has 0 atom stereocenters. The van der Waals surface area contributed by atoms with E-state index in [0.29, 0.717) is 26.3 Å².